The van der Waals surface area contributed by atoms with E-state index in [1.54, 1.807) is 31.4 Å². The van der Waals surface area contributed by atoms with Crippen molar-refractivity contribution in [3.63, 3.8) is 0 Å². The van der Waals surface area contributed by atoms with Crippen LogP contribution in [0.25, 0.3) is 0 Å². The van der Waals surface area contributed by atoms with Gasteiger partial charge in [0.25, 0.3) is 0 Å². The molecular formula is C18H32O6. The molecule has 0 bridgehead atoms. The number of epoxide rings is 1. The number of hydrogen-bond donors (Lipinski definition) is 2. The minimum Gasteiger partial charge on any atom is -0.393 e. The molecule has 6 nitrogen and oxygen atoms in total. The molecule has 2 N–H and O–H groups in total. The van der Waals surface area contributed by atoms with Crippen molar-refractivity contribution in [1.29, 1.82) is 0 Å². The van der Waals surface area contributed by atoms with Crippen molar-refractivity contribution >= 4 is 0 Å². The van der Waals surface area contributed by atoms with Crippen molar-refractivity contribution in [2.24, 2.45) is 0 Å². The average molecular weight is 344 g/mol. The van der Waals surface area contributed by atoms with Crippen molar-refractivity contribution in [3.05, 3.63) is 50.6 Å². The highest BCUT2D eigenvalue weighted by molar-refractivity contribution is 4.87. The Labute approximate surface area is 145 Å². The summed E-state index contributed by atoms with van der Waals surface area (Å²) in [5.74, 6) is 0. The number of rotatable bonds is 11. The van der Waals surface area contributed by atoms with Gasteiger partial charge in [-0.3, -0.25) is 0 Å². The SMILES string of the molecule is C=CC(CO)OC.C=CC(COC(C=C)CO)OC.C=CC1CO1. The number of ether oxygens (including phenoxy) is 4. The molecule has 4 unspecified atom stereocenters. The number of hydrogen-bond acceptors (Lipinski definition) is 6. The monoisotopic (exact) mass is 344 g/mol. The zero-order chi connectivity index (χ0) is 18.8. The lowest BCUT2D eigenvalue weighted by Crippen LogP contribution is -2.22. The van der Waals surface area contributed by atoms with E-state index < -0.39 is 0 Å². The summed E-state index contributed by atoms with van der Waals surface area (Å²) in [5, 5.41) is 17.1. The first-order valence-corrected chi connectivity index (χ1v) is 7.57. The van der Waals surface area contributed by atoms with Gasteiger partial charge in [0.1, 0.15) is 0 Å². The van der Waals surface area contributed by atoms with Crippen LogP contribution in [0, 0.1) is 0 Å². The molecule has 6 heteroatoms. The van der Waals surface area contributed by atoms with E-state index in [0.29, 0.717) is 12.7 Å². The van der Waals surface area contributed by atoms with E-state index in [1.165, 1.54) is 7.11 Å². The Hall–Kier alpha value is -1.28. The summed E-state index contributed by atoms with van der Waals surface area (Å²) >= 11 is 0. The summed E-state index contributed by atoms with van der Waals surface area (Å²) in [6.45, 7) is 15.2. The first-order chi connectivity index (χ1) is 11.6. The smallest absolute Gasteiger partial charge is 0.0988 e. The fourth-order valence-corrected chi connectivity index (χ4v) is 1.08. The zero-order valence-electron chi connectivity index (χ0n) is 14.8. The van der Waals surface area contributed by atoms with Crippen molar-refractivity contribution < 1.29 is 29.2 Å². The van der Waals surface area contributed by atoms with Crippen LogP contribution in [-0.4, -0.2) is 75.3 Å². The molecule has 1 aliphatic heterocycles. The fourth-order valence-electron chi connectivity index (χ4n) is 1.08. The highest BCUT2D eigenvalue weighted by atomic mass is 16.6. The van der Waals surface area contributed by atoms with E-state index in [0.717, 1.165) is 6.61 Å². The molecule has 0 aromatic heterocycles. The van der Waals surface area contributed by atoms with Crippen molar-refractivity contribution in [3.8, 4) is 0 Å². The van der Waals surface area contributed by atoms with Crippen LogP contribution in [0.15, 0.2) is 50.6 Å². The summed E-state index contributed by atoms with van der Waals surface area (Å²) in [4.78, 5) is 0. The van der Waals surface area contributed by atoms with Crippen LogP contribution in [-0.2, 0) is 18.9 Å². The Kier molecular flexibility index (Phi) is 18.8. The third-order valence-corrected chi connectivity index (χ3v) is 2.85. The quantitative estimate of drug-likeness (QED) is 0.437. The lowest BCUT2D eigenvalue weighted by molar-refractivity contribution is -0.0103. The Morgan fingerprint density at radius 1 is 0.958 bits per heavy atom. The lowest BCUT2D eigenvalue weighted by Gasteiger charge is -2.14. The molecule has 140 valence electrons. The first-order valence-electron chi connectivity index (χ1n) is 7.57. The molecule has 1 heterocycles. The molecule has 24 heavy (non-hydrogen) atoms. The van der Waals surface area contributed by atoms with Crippen LogP contribution in [0.4, 0.5) is 0 Å². The molecule has 1 aliphatic rings. The highest BCUT2D eigenvalue weighted by Crippen LogP contribution is 2.07. The van der Waals surface area contributed by atoms with Gasteiger partial charge in [-0.05, 0) is 0 Å². The van der Waals surface area contributed by atoms with Crippen molar-refractivity contribution in [1.82, 2.24) is 0 Å². The van der Waals surface area contributed by atoms with E-state index in [9.17, 15) is 0 Å². The topological polar surface area (TPSA) is 80.7 Å². The molecule has 0 amide bonds. The Morgan fingerprint density at radius 2 is 1.42 bits per heavy atom. The van der Waals surface area contributed by atoms with E-state index in [4.69, 9.17) is 24.4 Å². The van der Waals surface area contributed by atoms with Crippen LogP contribution >= 0.6 is 0 Å². The molecular weight excluding hydrogens is 312 g/mol. The molecule has 0 aliphatic carbocycles. The van der Waals surface area contributed by atoms with E-state index in [-0.39, 0.29) is 31.5 Å². The molecule has 0 radical (unpaired) electrons. The Balaban J connectivity index is 0. The van der Waals surface area contributed by atoms with Crippen LogP contribution < -0.4 is 0 Å². The maximum atomic E-state index is 8.72. The van der Waals surface area contributed by atoms with Gasteiger partial charge in [-0.15, -0.1) is 26.3 Å². The predicted molar refractivity (Wildman–Crippen MR) is 96.0 cm³/mol. The molecule has 0 aromatic carbocycles. The maximum absolute atomic E-state index is 8.72. The minimum atomic E-state index is -0.317. The summed E-state index contributed by atoms with van der Waals surface area (Å²) in [5.41, 5.74) is 0. The van der Waals surface area contributed by atoms with Crippen LogP contribution in [0.5, 0.6) is 0 Å². The molecule has 0 spiro atoms. The average Bonchev–Trinajstić information content (AvgIpc) is 3.46. The van der Waals surface area contributed by atoms with Gasteiger partial charge >= 0.3 is 0 Å². The molecule has 1 fully saturated rings. The van der Waals surface area contributed by atoms with Gasteiger partial charge < -0.3 is 29.2 Å². The van der Waals surface area contributed by atoms with Gasteiger partial charge in [0.2, 0.25) is 0 Å². The Bertz CT molecular complexity index is 307. The highest BCUT2D eigenvalue weighted by Gasteiger charge is 2.16. The summed E-state index contributed by atoms with van der Waals surface area (Å²) in [7, 11) is 3.11. The van der Waals surface area contributed by atoms with Crippen LogP contribution in [0.2, 0.25) is 0 Å². The molecule has 1 rings (SSSR count). The van der Waals surface area contributed by atoms with E-state index in [2.05, 4.69) is 31.1 Å². The van der Waals surface area contributed by atoms with Crippen LogP contribution in [0.1, 0.15) is 0 Å². The van der Waals surface area contributed by atoms with Gasteiger partial charge in [-0.25, -0.2) is 0 Å². The number of aliphatic hydroxyl groups excluding tert-OH is 2. The fraction of sp³-hybridized carbons (Fsp3) is 0.556. The second-order valence-corrected chi connectivity index (χ2v) is 4.60. The van der Waals surface area contributed by atoms with Gasteiger partial charge in [0.15, 0.2) is 0 Å². The second-order valence-electron chi connectivity index (χ2n) is 4.60. The second kappa shape index (κ2) is 18.1. The number of methoxy groups -OCH3 is 2. The first kappa shape index (κ1) is 25.0. The molecule has 0 aromatic rings. The third-order valence-electron chi connectivity index (χ3n) is 2.85. The molecule has 0 saturated carbocycles. The van der Waals surface area contributed by atoms with Crippen molar-refractivity contribution in [2.75, 3.05) is 40.6 Å². The largest absolute Gasteiger partial charge is 0.393 e. The number of aliphatic hydroxyl groups is 2. The van der Waals surface area contributed by atoms with Crippen LogP contribution in [0.3, 0.4) is 0 Å². The molecule has 1 saturated heterocycles. The minimum absolute atomic E-state index is 0.0139. The lowest BCUT2D eigenvalue weighted by atomic mass is 10.3. The van der Waals surface area contributed by atoms with Gasteiger partial charge in [0, 0.05) is 14.2 Å². The summed E-state index contributed by atoms with van der Waals surface area (Å²) in [6.07, 6.45) is 6.32. The van der Waals surface area contributed by atoms with E-state index in [1.807, 2.05) is 0 Å². The predicted octanol–water partition coefficient (Wildman–Crippen LogP) is 1.50. The molecule has 4 atom stereocenters. The van der Waals surface area contributed by atoms with Gasteiger partial charge in [-0.1, -0.05) is 24.3 Å². The standard InChI is InChI=1S/C9H16O3.C5H10O2.C4H6O/c1-4-8(6-10)12-7-9(5-2)11-3;1-3-5(4-6)7-2;1-2-4-3-5-4/h4-5,8-10H,1-2,6-7H2,3H3;3,5-6H,1,4H2,2H3;2,4H,1,3H2. The normalized spacial score (nSPS) is 18.4. The van der Waals surface area contributed by atoms with Gasteiger partial charge in [-0.2, -0.15) is 0 Å². The van der Waals surface area contributed by atoms with E-state index >= 15 is 0 Å². The maximum Gasteiger partial charge on any atom is 0.0988 e. The third kappa shape index (κ3) is 15.6. The van der Waals surface area contributed by atoms with Crippen molar-refractivity contribution in [2.45, 2.75) is 24.4 Å². The summed E-state index contributed by atoms with van der Waals surface area (Å²) < 4.78 is 19.6. The van der Waals surface area contributed by atoms with Gasteiger partial charge in [0.05, 0.1) is 50.8 Å². The zero-order valence-corrected chi connectivity index (χ0v) is 14.8. The Morgan fingerprint density at radius 3 is 1.58 bits per heavy atom. The summed E-state index contributed by atoms with van der Waals surface area (Å²) in [6, 6.07) is 0.